The van der Waals surface area contributed by atoms with E-state index in [9.17, 15) is 4.79 Å². The number of ether oxygens (including phenoxy) is 2. The van der Waals surface area contributed by atoms with Crippen molar-refractivity contribution in [2.45, 2.75) is 13.3 Å². The van der Waals surface area contributed by atoms with Crippen LogP contribution < -0.4 is 14.8 Å². The van der Waals surface area contributed by atoms with Crippen LogP contribution in [0.5, 0.6) is 11.5 Å². The largest absolute Gasteiger partial charge is 0.497 e. The number of rotatable bonds is 8. The number of hydrogen-bond acceptors (Lipinski definition) is 5. The van der Waals surface area contributed by atoms with Crippen LogP contribution in [0.15, 0.2) is 73.2 Å². The molecule has 0 atom stereocenters. The van der Waals surface area contributed by atoms with Gasteiger partial charge in [0.25, 0.3) is 5.91 Å². The fraction of sp³-hybridized carbons (Fsp3) is 0.136. The second-order valence-electron chi connectivity index (χ2n) is 6.68. The van der Waals surface area contributed by atoms with Crippen molar-refractivity contribution in [3.63, 3.8) is 0 Å². The quantitative estimate of drug-likeness (QED) is 0.449. The molecule has 0 bridgehead atoms. The van der Waals surface area contributed by atoms with Crippen LogP contribution in [0.4, 0.5) is 5.69 Å². The fourth-order valence-corrected chi connectivity index (χ4v) is 3.09. The molecule has 158 valence electrons. The van der Waals surface area contributed by atoms with Crippen LogP contribution in [-0.4, -0.2) is 32.6 Å². The minimum atomic E-state index is -0.307. The maximum Gasteiger partial charge on any atom is 0.274 e. The Balaban J connectivity index is 1.38. The third-order valence-electron chi connectivity index (χ3n) is 4.49. The van der Waals surface area contributed by atoms with E-state index >= 15 is 0 Å². The number of nitrogens with zero attached hydrogens (tertiary/aromatic N) is 4. The van der Waals surface area contributed by atoms with E-state index in [2.05, 4.69) is 15.5 Å². The number of methoxy groups -OCH3 is 1. The van der Waals surface area contributed by atoms with Crippen molar-refractivity contribution >= 4 is 23.2 Å². The molecule has 8 nitrogen and oxygen atoms in total. The molecule has 0 aliphatic heterocycles. The average molecular weight is 438 g/mol. The van der Waals surface area contributed by atoms with E-state index in [-0.39, 0.29) is 12.6 Å². The highest BCUT2D eigenvalue weighted by Gasteiger charge is 2.14. The van der Waals surface area contributed by atoms with Crippen molar-refractivity contribution < 1.29 is 14.3 Å². The molecule has 1 amide bonds. The van der Waals surface area contributed by atoms with Gasteiger partial charge in [-0.15, -0.1) is 0 Å². The number of anilines is 1. The molecule has 0 aliphatic rings. The Morgan fingerprint density at radius 3 is 2.74 bits per heavy atom. The van der Waals surface area contributed by atoms with Crippen LogP contribution in [0.2, 0.25) is 5.02 Å². The molecule has 0 unspecified atom stereocenters. The standard InChI is InChI=1S/C22H20ClN5O3/c1-30-20-4-2-3-16(11-20)13-27-14-18(12-25-27)26-22(29)21-9-10-24-28(21)15-31-19-7-5-17(23)6-8-19/h2-12,14H,13,15H2,1H3,(H,26,29). The maximum absolute atomic E-state index is 12.7. The summed E-state index contributed by atoms with van der Waals surface area (Å²) in [7, 11) is 1.63. The summed E-state index contributed by atoms with van der Waals surface area (Å²) in [5.74, 6) is 1.11. The molecular weight excluding hydrogens is 418 g/mol. The summed E-state index contributed by atoms with van der Waals surface area (Å²) in [6.07, 6.45) is 4.91. The Labute approximate surface area is 184 Å². The number of nitrogens with one attached hydrogen (secondary N) is 1. The second kappa shape index (κ2) is 9.36. The first-order valence-electron chi connectivity index (χ1n) is 9.47. The van der Waals surface area contributed by atoms with Crippen molar-refractivity contribution in [2.75, 3.05) is 12.4 Å². The summed E-state index contributed by atoms with van der Waals surface area (Å²) >= 11 is 5.88. The Hall–Kier alpha value is -3.78. The molecule has 2 heterocycles. The van der Waals surface area contributed by atoms with Gasteiger partial charge in [0.05, 0.1) is 25.5 Å². The SMILES string of the molecule is COc1cccc(Cn2cc(NC(=O)c3ccnn3COc3ccc(Cl)cc3)cn2)c1. The highest BCUT2D eigenvalue weighted by molar-refractivity contribution is 6.30. The van der Waals surface area contributed by atoms with E-state index in [1.54, 1.807) is 60.7 Å². The number of amides is 1. The first-order chi connectivity index (χ1) is 15.1. The van der Waals surface area contributed by atoms with Crippen LogP contribution in [-0.2, 0) is 13.3 Å². The Morgan fingerprint density at radius 2 is 1.94 bits per heavy atom. The highest BCUT2D eigenvalue weighted by Crippen LogP contribution is 2.17. The van der Waals surface area contributed by atoms with E-state index in [0.717, 1.165) is 11.3 Å². The van der Waals surface area contributed by atoms with Gasteiger partial charge >= 0.3 is 0 Å². The van der Waals surface area contributed by atoms with E-state index in [1.807, 2.05) is 24.3 Å². The lowest BCUT2D eigenvalue weighted by Crippen LogP contribution is -2.19. The van der Waals surface area contributed by atoms with E-state index in [1.165, 1.54) is 4.68 Å². The molecule has 9 heteroatoms. The van der Waals surface area contributed by atoms with E-state index in [4.69, 9.17) is 21.1 Å². The van der Waals surface area contributed by atoms with Gasteiger partial charge in [0.15, 0.2) is 6.73 Å². The van der Waals surface area contributed by atoms with Crippen molar-refractivity contribution in [1.82, 2.24) is 19.6 Å². The molecule has 1 N–H and O–H groups in total. The highest BCUT2D eigenvalue weighted by atomic mass is 35.5. The van der Waals surface area contributed by atoms with Crippen molar-refractivity contribution in [3.8, 4) is 11.5 Å². The van der Waals surface area contributed by atoms with E-state index < -0.39 is 0 Å². The lowest BCUT2D eigenvalue weighted by atomic mass is 10.2. The summed E-state index contributed by atoms with van der Waals surface area (Å²) in [6.45, 7) is 0.645. The number of carbonyl (C=O) groups is 1. The van der Waals surface area contributed by atoms with Crippen molar-refractivity contribution in [3.05, 3.63) is 89.5 Å². The summed E-state index contributed by atoms with van der Waals surface area (Å²) in [4.78, 5) is 12.7. The lowest BCUT2D eigenvalue weighted by Gasteiger charge is -2.09. The summed E-state index contributed by atoms with van der Waals surface area (Å²) < 4.78 is 14.1. The van der Waals surface area contributed by atoms with Gasteiger partial charge in [0.1, 0.15) is 17.2 Å². The number of benzene rings is 2. The van der Waals surface area contributed by atoms with Gasteiger partial charge in [-0.3, -0.25) is 9.48 Å². The third-order valence-corrected chi connectivity index (χ3v) is 4.74. The van der Waals surface area contributed by atoms with Crippen LogP contribution in [0.1, 0.15) is 16.1 Å². The van der Waals surface area contributed by atoms with Gasteiger partial charge in [-0.05, 0) is 48.0 Å². The molecule has 0 aliphatic carbocycles. The molecule has 4 aromatic rings. The smallest absolute Gasteiger partial charge is 0.274 e. The van der Waals surface area contributed by atoms with Gasteiger partial charge in [-0.2, -0.15) is 10.2 Å². The number of carbonyl (C=O) groups excluding carboxylic acids is 1. The molecule has 0 spiro atoms. The zero-order valence-electron chi connectivity index (χ0n) is 16.7. The molecule has 0 fully saturated rings. The van der Waals surface area contributed by atoms with Crippen molar-refractivity contribution in [2.24, 2.45) is 0 Å². The van der Waals surface area contributed by atoms with Gasteiger partial charge in [-0.25, -0.2) is 4.68 Å². The molecular formula is C22H20ClN5O3. The second-order valence-corrected chi connectivity index (χ2v) is 7.11. The zero-order valence-corrected chi connectivity index (χ0v) is 17.5. The minimum Gasteiger partial charge on any atom is -0.497 e. The van der Waals surface area contributed by atoms with Gasteiger partial charge in [0, 0.05) is 17.4 Å². The first-order valence-corrected chi connectivity index (χ1v) is 9.85. The first kappa shape index (κ1) is 20.5. The van der Waals surface area contributed by atoms with Gasteiger partial charge < -0.3 is 14.8 Å². The molecule has 4 rings (SSSR count). The predicted octanol–water partition coefficient (Wildman–Crippen LogP) is 4.08. The Bertz CT molecular complexity index is 1170. The minimum absolute atomic E-state index is 0.0898. The zero-order chi connectivity index (χ0) is 21.6. The predicted molar refractivity (Wildman–Crippen MR) is 117 cm³/mol. The molecule has 0 saturated carbocycles. The molecule has 2 aromatic heterocycles. The lowest BCUT2D eigenvalue weighted by molar-refractivity contribution is 0.100. The van der Waals surface area contributed by atoms with Crippen LogP contribution >= 0.6 is 11.6 Å². The molecule has 31 heavy (non-hydrogen) atoms. The third kappa shape index (κ3) is 5.23. The summed E-state index contributed by atoms with van der Waals surface area (Å²) in [5, 5.41) is 11.9. The fourth-order valence-electron chi connectivity index (χ4n) is 2.96. The Morgan fingerprint density at radius 1 is 1.10 bits per heavy atom. The Kier molecular flexibility index (Phi) is 6.18. The maximum atomic E-state index is 12.7. The van der Waals surface area contributed by atoms with Crippen LogP contribution in [0.3, 0.4) is 0 Å². The number of halogens is 1. The van der Waals surface area contributed by atoms with Gasteiger partial charge in [0.2, 0.25) is 0 Å². The molecule has 0 saturated heterocycles. The summed E-state index contributed by atoms with van der Waals surface area (Å²) in [6, 6.07) is 16.3. The number of hydrogen-bond donors (Lipinski definition) is 1. The average Bonchev–Trinajstić information content (AvgIpc) is 3.43. The monoisotopic (exact) mass is 437 g/mol. The topological polar surface area (TPSA) is 83.2 Å². The van der Waals surface area contributed by atoms with Crippen LogP contribution in [0, 0.1) is 0 Å². The number of aromatic nitrogens is 4. The normalized spacial score (nSPS) is 10.6. The van der Waals surface area contributed by atoms with Crippen LogP contribution in [0.25, 0.3) is 0 Å². The molecule has 0 radical (unpaired) electrons. The summed E-state index contributed by atoms with van der Waals surface area (Å²) in [5.41, 5.74) is 1.99. The van der Waals surface area contributed by atoms with Gasteiger partial charge in [-0.1, -0.05) is 23.7 Å². The van der Waals surface area contributed by atoms with E-state index in [0.29, 0.717) is 28.7 Å². The van der Waals surface area contributed by atoms with Crippen molar-refractivity contribution in [1.29, 1.82) is 0 Å². The molecule has 2 aromatic carbocycles.